The van der Waals surface area contributed by atoms with E-state index in [4.69, 9.17) is 9.47 Å². The zero-order valence-corrected chi connectivity index (χ0v) is 20.1. The molecule has 2 fully saturated rings. The van der Waals surface area contributed by atoms with E-state index in [1.165, 1.54) is 25.7 Å². The van der Waals surface area contributed by atoms with Crippen LogP contribution >= 0.6 is 0 Å². The number of nitrogens with one attached hydrogen (secondary N) is 1. The molecule has 1 atom stereocenters. The number of hydrogen-bond donors (Lipinski definition) is 2. The van der Waals surface area contributed by atoms with Gasteiger partial charge in [-0.25, -0.2) is 0 Å². The second-order valence-electron chi connectivity index (χ2n) is 10.2. The molecule has 2 aliphatic rings. The summed E-state index contributed by atoms with van der Waals surface area (Å²) >= 11 is 0. The Bertz CT molecular complexity index is 923. The zero-order chi connectivity index (χ0) is 23.4. The average molecular weight is 459 g/mol. The molecular weight excluding hydrogens is 420 g/mol. The highest BCUT2D eigenvalue weighted by atomic mass is 16.5. The Morgan fingerprint density at radius 2 is 1.94 bits per heavy atom. The Hall–Kier alpha value is -2.48. The van der Waals surface area contributed by atoms with Gasteiger partial charge in [0.1, 0.15) is 11.8 Å². The van der Waals surface area contributed by atoms with E-state index in [2.05, 4.69) is 10.4 Å². The number of rotatable bonds is 10. The first-order valence-electron chi connectivity index (χ1n) is 12.3. The van der Waals surface area contributed by atoms with Gasteiger partial charge >= 0.3 is 0 Å². The van der Waals surface area contributed by atoms with Gasteiger partial charge in [0.05, 0.1) is 24.4 Å². The summed E-state index contributed by atoms with van der Waals surface area (Å²) in [6.07, 6.45) is 13.6. The van der Waals surface area contributed by atoms with Crippen molar-refractivity contribution in [1.82, 2.24) is 14.3 Å². The van der Waals surface area contributed by atoms with Crippen molar-refractivity contribution in [3.05, 3.63) is 24.5 Å². The average Bonchev–Trinajstić information content (AvgIpc) is 3.56. The fourth-order valence-electron chi connectivity index (χ4n) is 5.04. The molecule has 8 heteroatoms. The minimum absolute atomic E-state index is 0.0634. The third-order valence-corrected chi connectivity index (χ3v) is 7.06. The van der Waals surface area contributed by atoms with Crippen LogP contribution in [-0.4, -0.2) is 44.2 Å². The van der Waals surface area contributed by atoms with Crippen molar-refractivity contribution in [3.63, 3.8) is 0 Å². The molecule has 2 aliphatic carbocycles. The minimum Gasteiger partial charge on any atom is -0.494 e. The molecule has 8 nitrogen and oxygen atoms in total. The standard InChI is InChI=1S/C25H38N4O4/c1-25(2,32-3)17-28-13-12-22(27-28)26-24(31)21(14-18-8-4-5-9-18)29-16-20(15-23(29)30)33-19-10-6-7-11-19/h12-13,15-16,18-19,21,30H,4-11,14,17H2,1-3H3,(H,26,27,31)/t21-/m0/s1. The first kappa shape index (κ1) is 23.7. The number of nitrogens with zero attached hydrogens (tertiary/aromatic N) is 3. The third-order valence-electron chi connectivity index (χ3n) is 7.06. The molecule has 2 heterocycles. The molecule has 0 unspecified atom stereocenters. The Kier molecular flexibility index (Phi) is 7.32. The molecule has 2 saturated carbocycles. The van der Waals surface area contributed by atoms with Gasteiger partial charge in [0.25, 0.3) is 0 Å². The number of hydrogen-bond acceptors (Lipinski definition) is 5. The molecule has 0 spiro atoms. The van der Waals surface area contributed by atoms with Crippen molar-refractivity contribution >= 4 is 11.7 Å². The van der Waals surface area contributed by atoms with Gasteiger partial charge in [-0.2, -0.15) is 5.10 Å². The molecular formula is C25H38N4O4. The van der Waals surface area contributed by atoms with Crippen LogP contribution in [0, 0.1) is 5.92 Å². The number of methoxy groups -OCH3 is 1. The van der Waals surface area contributed by atoms with E-state index in [1.54, 1.807) is 34.7 Å². The number of aromatic nitrogens is 3. The smallest absolute Gasteiger partial charge is 0.248 e. The summed E-state index contributed by atoms with van der Waals surface area (Å²) < 4.78 is 15.0. The number of anilines is 1. The van der Waals surface area contributed by atoms with Gasteiger partial charge in [-0.05, 0) is 51.9 Å². The molecule has 0 aromatic carbocycles. The van der Waals surface area contributed by atoms with Gasteiger partial charge in [0.2, 0.25) is 5.91 Å². The fourth-order valence-corrected chi connectivity index (χ4v) is 5.04. The normalized spacial score (nSPS) is 18.6. The van der Waals surface area contributed by atoms with Gasteiger partial charge in [0, 0.05) is 25.4 Å². The SMILES string of the molecule is COC(C)(C)Cn1ccc(NC(=O)[C@H](CC2CCCC2)n2cc(OC3CCCC3)cc2O)n1. The highest BCUT2D eigenvalue weighted by Gasteiger charge is 2.30. The molecule has 182 valence electrons. The number of ether oxygens (including phenoxy) is 2. The number of carbonyl (C=O) groups excluding carboxylic acids is 1. The predicted molar refractivity (Wildman–Crippen MR) is 127 cm³/mol. The summed E-state index contributed by atoms with van der Waals surface area (Å²) in [6, 6.07) is 2.91. The van der Waals surface area contributed by atoms with Gasteiger partial charge in [-0.1, -0.05) is 25.7 Å². The molecule has 0 saturated heterocycles. The molecule has 0 radical (unpaired) electrons. The molecule has 1 amide bonds. The fraction of sp³-hybridized carbons (Fsp3) is 0.680. The lowest BCUT2D eigenvalue weighted by atomic mass is 9.97. The van der Waals surface area contributed by atoms with Gasteiger partial charge in [-0.3, -0.25) is 9.48 Å². The highest BCUT2D eigenvalue weighted by molar-refractivity contribution is 5.93. The maximum Gasteiger partial charge on any atom is 0.248 e. The molecule has 0 aliphatic heterocycles. The minimum atomic E-state index is -0.519. The van der Waals surface area contributed by atoms with Crippen LogP contribution in [0.2, 0.25) is 0 Å². The maximum atomic E-state index is 13.4. The Balaban J connectivity index is 1.49. The number of carbonyl (C=O) groups is 1. The first-order chi connectivity index (χ1) is 15.8. The number of aromatic hydroxyl groups is 1. The van der Waals surface area contributed by atoms with Crippen LogP contribution in [0.15, 0.2) is 24.5 Å². The Morgan fingerprint density at radius 1 is 1.24 bits per heavy atom. The largest absolute Gasteiger partial charge is 0.494 e. The summed E-state index contributed by atoms with van der Waals surface area (Å²) in [4.78, 5) is 13.4. The molecule has 2 aromatic heterocycles. The Morgan fingerprint density at radius 3 is 2.64 bits per heavy atom. The van der Waals surface area contributed by atoms with Crippen molar-refractivity contribution in [2.75, 3.05) is 12.4 Å². The van der Waals surface area contributed by atoms with E-state index in [-0.39, 0.29) is 23.5 Å². The van der Waals surface area contributed by atoms with Crippen LogP contribution < -0.4 is 10.1 Å². The lowest BCUT2D eigenvalue weighted by Gasteiger charge is -2.23. The topological polar surface area (TPSA) is 90.5 Å². The summed E-state index contributed by atoms with van der Waals surface area (Å²) in [5.74, 6) is 1.50. The van der Waals surface area contributed by atoms with E-state index in [1.807, 2.05) is 20.0 Å². The molecule has 4 rings (SSSR count). The highest BCUT2D eigenvalue weighted by Crippen LogP contribution is 2.36. The second-order valence-corrected chi connectivity index (χ2v) is 10.2. The van der Waals surface area contributed by atoms with Gasteiger partial charge in [-0.15, -0.1) is 0 Å². The third kappa shape index (κ3) is 6.10. The predicted octanol–water partition coefficient (Wildman–Crippen LogP) is 4.90. The van der Waals surface area contributed by atoms with Crippen molar-refractivity contribution in [1.29, 1.82) is 0 Å². The van der Waals surface area contributed by atoms with Gasteiger partial charge < -0.3 is 24.5 Å². The van der Waals surface area contributed by atoms with Crippen molar-refractivity contribution in [2.24, 2.45) is 5.92 Å². The molecule has 2 N–H and O–H groups in total. The summed E-state index contributed by atoms with van der Waals surface area (Å²) in [6.45, 7) is 4.56. The molecule has 0 bridgehead atoms. The number of amides is 1. The van der Waals surface area contributed by atoms with E-state index < -0.39 is 6.04 Å². The van der Waals surface area contributed by atoms with Crippen LogP contribution in [-0.2, 0) is 16.1 Å². The van der Waals surface area contributed by atoms with E-state index in [0.29, 0.717) is 30.5 Å². The van der Waals surface area contributed by atoms with Crippen molar-refractivity contribution < 1.29 is 19.4 Å². The van der Waals surface area contributed by atoms with E-state index >= 15 is 0 Å². The lowest BCUT2D eigenvalue weighted by molar-refractivity contribution is -0.119. The van der Waals surface area contributed by atoms with E-state index in [0.717, 1.165) is 25.7 Å². The maximum absolute atomic E-state index is 13.4. The van der Waals surface area contributed by atoms with Crippen molar-refractivity contribution in [2.45, 2.75) is 95.9 Å². The summed E-state index contributed by atoms with van der Waals surface area (Å²) in [5.41, 5.74) is -0.356. The quantitative estimate of drug-likeness (QED) is 0.529. The molecule has 2 aromatic rings. The summed E-state index contributed by atoms with van der Waals surface area (Å²) in [7, 11) is 1.67. The molecule has 33 heavy (non-hydrogen) atoms. The summed E-state index contributed by atoms with van der Waals surface area (Å²) in [5, 5.41) is 18.2. The monoisotopic (exact) mass is 458 g/mol. The van der Waals surface area contributed by atoms with Crippen molar-refractivity contribution in [3.8, 4) is 11.6 Å². The van der Waals surface area contributed by atoms with Crippen LogP contribution in [0.4, 0.5) is 5.82 Å². The zero-order valence-electron chi connectivity index (χ0n) is 20.1. The first-order valence-corrected chi connectivity index (χ1v) is 12.3. The lowest BCUT2D eigenvalue weighted by Crippen LogP contribution is -2.30. The van der Waals surface area contributed by atoms with Crippen LogP contribution in [0.5, 0.6) is 11.6 Å². The van der Waals surface area contributed by atoms with E-state index in [9.17, 15) is 9.90 Å². The van der Waals surface area contributed by atoms with Gasteiger partial charge in [0.15, 0.2) is 11.7 Å². The Labute approximate surface area is 196 Å². The van der Waals surface area contributed by atoms with Crippen LogP contribution in [0.25, 0.3) is 0 Å². The van der Waals surface area contributed by atoms with Crippen LogP contribution in [0.3, 0.4) is 0 Å². The second kappa shape index (κ2) is 10.2. The van der Waals surface area contributed by atoms with Crippen LogP contribution in [0.1, 0.15) is 77.7 Å².